The molecule has 1 aromatic heterocycles. The summed E-state index contributed by atoms with van der Waals surface area (Å²) >= 11 is 0. The normalized spacial score (nSPS) is 11.8. The van der Waals surface area contributed by atoms with Gasteiger partial charge in [0.2, 0.25) is 0 Å². The minimum absolute atomic E-state index is 0.163. The Bertz CT molecular complexity index is 555. The Labute approximate surface area is 117 Å². The molecule has 104 valence electrons. The van der Waals surface area contributed by atoms with Gasteiger partial charge in [-0.05, 0) is 30.2 Å². The summed E-state index contributed by atoms with van der Waals surface area (Å²) in [5.74, 6) is -0.275. The number of nitrogens with two attached hydrogens (primary N) is 1. The van der Waals surface area contributed by atoms with Gasteiger partial charge in [-0.25, -0.2) is 0 Å². The van der Waals surface area contributed by atoms with Gasteiger partial charge >= 0.3 is 5.97 Å². The first kappa shape index (κ1) is 14.0. The van der Waals surface area contributed by atoms with Crippen molar-refractivity contribution in [3.05, 3.63) is 59.9 Å². The molecule has 1 heterocycles. The van der Waals surface area contributed by atoms with E-state index in [1.807, 2.05) is 6.07 Å². The lowest BCUT2D eigenvalue weighted by atomic mass is 10.1. The number of aromatic nitrogens is 1. The van der Waals surface area contributed by atoms with Crippen LogP contribution in [-0.2, 0) is 22.6 Å². The standard InChI is InChI=1S/C15H16N2O3/c16-14(8-11-3-5-13(18)6-4-11)15(19)20-10-12-2-1-7-17-9-12/h1-7,9,14,18H,8,10,16H2/t14-/m0/s1. The maximum atomic E-state index is 11.8. The van der Waals surface area contributed by atoms with Crippen LogP contribution < -0.4 is 5.73 Å². The van der Waals surface area contributed by atoms with E-state index in [2.05, 4.69) is 4.98 Å². The molecule has 0 bridgehead atoms. The van der Waals surface area contributed by atoms with Crippen molar-refractivity contribution in [2.45, 2.75) is 19.1 Å². The van der Waals surface area contributed by atoms with Crippen molar-refractivity contribution in [1.29, 1.82) is 0 Å². The molecule has 0 radical (unpaired) electrons. The van der Waals surface area contributed by atoms with Gasteiger partial charge < -0.3 is 15.6 Å². The molecule has 2 rings (SSSR count). The van der Waals surface area contributed by atoms with Gasteiger partial charge in [-0.2, -0.15) is 0 Å². The zero-order valence-electron chi connectivity index (χ0n) is 10.9. The van der Waals surface area contributed by atoms with Crippen LogP contribution in [0.2, 0.25) is 0 Å². The molecule has 0 aliphatic heterocycles. The van der Waals surface area contributed by atoms with E-state index < -0.39 is 12.0 Å². The summed E-state index contributed by atoms with van der Waals surface area (Å²) in [6.07, 6.45) is 3.66. The van der Waals surface area contributed by atoms with Gasteiger partial charge in [-0.3, -0.25) is 9.78 Å². The fourth-order valence-electron chi connectivity index (χ4n) is 1.71. The van der Waals surface area contributed by atoms with Gasteiger partial charge in [-0.15, -0.1) is 0 Å². The topological polar surface area (TPSA) is 85.4 Å². The minimum atomic E-state index is -0.726. The maximum absolute atomic E-state index is 11.8. The molecular weight excluding hydrogens is 256 g/mol. The number of rotatable bonds is 5. The third-order valence-electron chi connectivity index (χ3n) is 2.80. The third-order valence-corrected chi connectivity index (χ3v) is 2.80. The van der Waals surface area contributed by atoms with E-state index in [4.69, 9.17) is 10.5 Å². The zero-order valence-corrected chi connectivity index (χ0v) is 10.9. The Kier molecular flexibility index (Phi) is 4.68. The second kappa shape index (κ2) is 6.68. The molecule has 20 heavy (non-hydrogen) atoms. The number of carbonyl (C=O) groups excluding carboxylic acids is 1. The van der Waals surface area contributed by atoms with Crippen LogP contribution in [0.4, 0.5) is 0 Å². The molecule has 0 fully saturated rings. The number of benzene rings is 1. The molecule has 0 amide bonds. The number of aromatic hydroxyl groups is 1. The highest BCUT2D eigenvalue weighted by molar-refractivity contribution is 5.75. The first-order chi connectivity index (χ1) is 9.65. The fraction of sp³-hybridized carbons (Fsp3) is 0.200. The van der Waals surface area contributed by atoms with E-state index in [0.29, 0.717) is 6.42 Å². The van der Waals surface area contributed by atoms with Crippen LogP contribution >= 0.6 is 0 Å². The molecule has 0 saturated heterocycles. The van der Waals surface area contributed by atoms with Crippen LogP contribution in [0.1, 0.15) is 11.1 Å². The molecule has 0 aliphatic rings. The smallest absolute Gasteiger partial charge is 0.323 e. The highest BCUT2D eigenvalue weighted by atomic mass is 16.5. The van der Waals surface area contributed by atoms with Crippen LogP contribution in [0, 0.1) is 0 Å². The van der Waals surface area contributed by atoms with E-state index in [1.54, 1.807) is 42.7 Å². The lowest BCUT2D eigenvalue weighted by Crippen LogP contribution is -2.34. The summed E-state index contributed by atoms with van der Waals surface area (Å²) in [5, 5.41) is 9.18. The van der Waals surface area contributed by atoms with E-state index >= 15 is 0 Å². The van der Waals surface area contributed by atoms with Crippen molar-refractivity contribution < 1.29 is 14.6 Å². The summed E-state index contributed by atoms with van der Waals surface area (Å²) in [6, 6.07) is 9.45. The first-order valence-corrected chi connectivity index (χ1v) is 6.24. The number of phenols is 1. The summed E-state index contributed by atoms with van der Waals surface area (Å²) < 4.78 is 5.13. The highest BCUT2D eigenvalue weighted by Gasteiger charge is 2.15. The van der Waals surface area contributed by atoms with E-state index in [0.717, 1.165) is 11.1 Å². The molecule has 0 spiro atoms. The number of hydrogen-bond donors (Lipinski definition) is 2. The van der Waals surface area contributed by atoms with Crippen molar-refractivity contribution in [2.24, 2.45) is 5.73 Å². The molecule has 5 nitrogen and oxygen atoms in total. The number of hydrogen-bond acceptors (Lipinski definition) is 5. The van der Waals surface area contributed by atoms with Crippen LogP contribution in [0.3, 0.4) is 0 Å². The number of phenolic OH excluding ortho intramolecular Hbond substituents is 1. The summed E-state index contributed by atoms with van der Waals surface area (Å²) in [5.41, 5.74) is 7.49. The monoisotopic (exact) mass is 272 g/mol. The molecule has 1 atom stereocenters. The van der Waals surface area contributed by atoms with Crippen molar-refractivity contribution >= 4 is 5.97 Å². The van der Waals surface area contributed by atoms with E-state index in [9.17, 15) is 9.90 Å². The van der Waals surface area contributed by atoms with Gasteiger partial charge in [0.15, 0.2) is 0 Å². The van der Waals surface area contributed by atoms with Crippen molar-refractivity contribution in [2.75, 3.05) is 0 Å². The predicted molar refractivity (Wildman–Crippen MR) is 73.8 cm³/mol. The third kappa shape index (κ3) is 4.07. The lowest BCUT2D eigenvalue weighted by molar-refractivity contribution is -0.146. The molecule has 0 unspecified atom stereocenters. The number of esters is 1. The number of pyridine rings is 1. The molecule has 3 N–H and O–H groups in total. The Morgan fingerprint density at radius 1 is 1.25 bits per heavy atom. The lowest BCUT2D eigenvalue weighted by Gasteiger charge is -2.11. The first-order valence-electron chi connectivity index (χ1n) is 6.24. The van der Waals surface area contributed by atoms with Gasteiger partial charge in [0.1, 0.15) is 18.4 Å². The average molecular weight is 272 g/mol. The van der Waals surface area contributed by atoms with Crippen molar-refractivity contribution in [3.63, 3.8) is 0 Å². The van der Waals surface area contributed by atoms with E-state index in [-0.39, 0.29) is 12.4 Å². The molecule has 2 aromatic rings. The zero-order chi connectivity index (χ0) is 14.4. The molecule has 0 aliphatic carbocycles. The molecule has 5 heteroatoms. The van der Waals surface area contributed by atoms with Crippen LogP contribution in [-0.4, -0.2) is 22.1 Å². The fourth-order valence-corrected chi connectivity index (χ4v) is 1.71. The highest BCUT2D eigenvalue weighted by Crippen LogP contribution is 2.11. The van der Waals surface area contributed by atoms with Crippen LogP contribution in [0.15, 0.2) is 48.8 Å². The number of ether oxygens (including phenoxy) is 1. The number of carbonyl (C=O) groups is 1. The molecule has 1 aromatic carbocycles. The largest absolute Gasteiger partial charge is 0.508 e. The second-order valence-corrected chi connectivity index (χ2v) is 4.45. The maximum Gasteiger partial charge on any atom is 0.323 e. The Hall–Kier alpha value is -2.40. The Balaban J connectivity index is 1.84. The van der Waals surface area contributed by atoms with Crippen LogP contribution in [0.25, 0.3) is 0 Å². The molecular formula is C15H16N2O3. The van der Waals surface area contributed by atoms with Crippen molar-refractivity contribution in [1.82, 2.24) is 4.98 Å². The van der Waals surface area contributed by atoms with Gasteiger partial charge in [-0.1, -0.05) is 18.2 Å². The summed E-state index contributed by atoms with van der Waals surface area (Å²) in [7, 11) is 0. The summed E-state index contributed by atoms with van der Waals surface area (Å²) in [4.78, 5) is 15.7. The quantitative estimate of drug-likeness (QED) is 0.804. The average Bonchev–Trinajstić information content (AvgIpc) is 2.48. The van der Waals surface area contributed by atoms with Crippen LogP contribution in [0.5, 0.6) is 5.75 Å². The van der Waals surface area contributed by atoms with E-state index in [1.165, 1.54) is 0 Å². The van der Waals surface area contributed by atoms with Gasteiger partial charge in [0, 0.05) is 18.0 Å². The van der Waals surface area contributed by atoms with Gasteiger partial charge in [0.25, 0.3) is 0 Å². The second-order valence-electron chi connectivity index (χ2n) is 4.45. The Morgan fingerprint density at radius 2 is 2.00 bits per heavy atom. The summed E-state index contributed by atoms with van der Waals surface area (Å²) in [6.45, 7) is 0.163. The number of nitrogens with zero attached hydrogens (tertiary/aromatic N) is 1. The molecule has 0 saturated carbocycles. The SMILES string of the molecule is N[C@@H](Cc1ccc(O)cc1)C(=O)OCc1cccnc1. The van der Waals surface area contributed by atoms with Crippen molar-refractivity contribution in [3.8, 4) is 5.75 Å². The predicted octanol–water partition coefficient (Wildman–Crippen LogP) is 1.40. The Morgan fingerprint density at radius 3 is 2.65 bits per heavy atom. The minimum Gasteiger partial charge on any atom is -0.508 e. The van der Waals surface area contributed by atoms with Gasteiger partial charge in [0.05, 0.1) is 0 Å².